The van der Waals surface area contributed by atoms with Crippen LogP contribution in [-0.2, 0) is 26.5 Å². The Kier molecular flexibility index (Phi) is 21.6. The molecule has 1 atom stereocenters. The van der Waals surface area contributed by atoms with E-state index < -0.39 is 0 Å². The minimum absolute atomic E-state index is 0. The van der Waals surface area contributed by atoms with Crippen LogP contribution in [0.2, 0.25) is 0 Å². The molecule has 1 fully saturated rings. The molecule has 0 spiro atoms. The van der Waals surface area contributed by atoms with Gasteiger partial charge in [-0.15, -0.1) is 6.92 Å². The number of hydrogen-bond acceptors (Lipinski definition) is 1. The molecular weight excluding hydrogens is 413 g/mol. The minimum atomic E-state index is -0.327. The van der Waals surface area contributed by atoms with Crippen molar-refractivity contribution in [1.82, 2.24) is 0 Å². The van der Waals surface area contributed by atoms with Crippen LogP contribution in [0.25, 0.3) is 5.73 Å². The van der Waals surface area contributed by atoms with E-state index in [9.17, 15) is 4.79 Å². The van der Waals surface area contributed by atoms with Crippen LogP contribution >= 0.6 is 0 Å². The Morgan fingerprint density at radius 1 is 0.852 bits per heavy atom. The van der Waals surface area contributed by atoms with Gasteiger partial charge in [-0.3, -0.25) is 6.08 Å². The van der Waals surface area contributed by atoms with Crippen molar-refractivity contribution in [2.24, 2.45) is 11.8 Å². The molecule has 0 radical (unpaired) electrons. The number of allylic oxidation sites excluding steroid dienone is 4. The summed E-state index contributed by atoms with van der Waals surface area (Å²) in [5.74, 6) is 0.279. The molecule has 2 rings (SSSR count). The molecule has 5 heteroatoms. The second kappa shape index (κ2) is 18.3. The smallest absolute Gasteiger partial charge is 1.00 e. The van der Waals surface area contributed by atoms with Crippen molar-refractivity contribution in [3.05, 3.63) is 28.5 Å². The molecule has 27 heavy (non-hydrogen) atoms. The summed E-state index contributed by atoms with van der Waals surface area (Å²) in [6.45, 7) is 8.67. The van der Waals surface area contributed by atoms with Gasteiger partial charge in [0.2, 0.25) is 0 Å². The van der Waals surface area contributed by atoms with Crippen LogP contribution in [0.15, 0.2) is 16.7 Å². The zero-order valence-electron chi connectivity index (χ0n) is 17.6. The molecule has 1 amide bonds. The maximum absolute atomic E-state index is 11.1. The number of carbonyl (C=O) groups excluding carboxylic acids is 1. The molecule has 0 bridgehead atoms. The van der Waals surface area contributed by atoms with E-state index in [2.05, 4.69) is 33.8 Å². The predicted molar refractivity (Wildman–Crippen MR) is 104 cm³/mol. The largest absolute Gasteiger partial charge is 4.00 e. The molecule has 1 saturated carbocycles. The fraction of sp³-hybridized carbons (Fsp3) is 0.773. The van der Waals surface area contributed by atoms with Crippen LogP contribution in [0.1, 0.15) is 98.3 Å². The summed E-state index contributed by atoms with van der Waals surface area (Å²) in [4.78, 5) is 11.1. The third-order valence-electron chi connectivity index (χ3n) is 5.71. The zero-order chi connectivity index (χ0) is 17.9. The van der Waals surface area contributed by atoms with E-state index >= 15 is 0 Å². The first kappa shape index (κ1) is 31.9. The van der Waals surface area contributed by atoms with Crippen molar-refractivity contribution in [2.45, 2.75) is 98.3 Å². The molecule has 0 saturated heterocycles. The van der Waals surface area contributed by atoms with Gasteiger partial charge in [0, 0.05) is 5.92 Å². The Morgan fingerprint density at radius 3 is 1.44 bits per heavy atom. The van der Waals surface area contributed by atoms with Gasteiger partial charge in [-0.1, -0.05) is 84.5 Å². The number of amides is 1. The van der Waals surface area contributed by atoms with Gasteiger partial charge in [0.05, 0.1) is 5.91 Å². The van der Waals surface area contributed by atoms with Crippen molar-refractivity contribution in [1.29, 1.82) is 0 Å². The van der Waals surface area contributed by atoms with Crippen molar-refractivity contribution in [2.75, 3.05) is 0 Å². The monoisotopic (exact) mass is 449 g/mol. The number of hydrogen-bond donors (Lipinski definition) is 0. The number of carbonyl (C=O) groups is 1. The number of halogens is 2. The molecule has 154 valence electrons. The molecule has 2 aliphatic rings. The Balaban J connectivity index is -0.000000420. The second-order valence-corrected chi connectivity index (χ2v) is 7.62. The summed E-state index contributed by atoms with van der Waals surface area (Å²) >= 11 is 0. The maximum Gasteiger partial charge on any atom is 4.00 e. The quantitative estimate of drug-likeness (QED) is 0.438. The summed E-state index contributed by atoms with van der Waals surface area (Å²) < 4.78 is 0. The third-order valence-corrected chi connectivity index (χ3v) is 5.71. The van der Waals surface area contributed by atoms with Crippen molar-refractivity contribution >= 4 is 5.91 Å². The molecule has 0 heterocycles. The molecule has 0 aromatic heterocycles. The van der Waals surface area contributed by atoms with Gasteiger partial charge in [-0.05, 0) is 12.8 Å². The number of rotatable bonds is 1. The SMILES string of the molecule is CC1=[C-]C(C)C(C)=C1C.[Cl-].[Cl-].[NH-]C(=O)C1CCCCCCCCCCC1.[Ti+4]. The summed E-state index contributed by atoms with van der Waals surface area (Å²) in [7, 11) is 0. The fourth-order valence-electron chi connectivity index (χ4n) is 3.59. The van der Waals surface area contributed by atoms with Crippen LogP contribution in [0.5, 0.6) is 0 Å². The van der Waals surface area contributed by atoms with Crippen LogP contribution in [-0.4, -0.2) is 5.91 Å². The van der Waals surface area contributed by atoms with Gasteiger partial charge < -0.3 is 35.3 Å². The summed E-state index contributed by atoms with van der Waals surface area (Å²) in [5.41, 5.74) is 11.5. The van der Waals surface area contributed by atoms with E-state index in [1.54, 1.807) is 0 Å². The summed E-state index contributed by atoms with van der Waals surface area (Å²) in [6.07, 6.45) is 16.8. The second-order valence-electron chi connectivity index (χ2n) is 7.62. The molecule has 2 nitrogen and oxygen atoms in total. The maximum atomic E-state index is 11.1. The molecule has 2 aliphatic carbocycles. The van der Waals surface area contributed by atoms with Crippen LogP contribution in [0.4, 0.5) is 0 Å². The van der Waals surface area contributed by atoms with E-state index in [1.807, 2.05) is 0 Å². The first-order chi connectivity index (χ1) is 11.4. The van der Waals surface area contributed by atoms with Crippen LogP contribution in [0.3, 0.4) is 0 Å². The van der Waals surface area contributed by atoms with Gasteiger partial charge >= 0.3 is 21.7 Å². The van der Waals surface area contributed by atoms with Gasteiger partial charge in [0.15, 0.2) is 0 Å². The molecule has 1 N–H and O–H groups in total. The molecule has 0 aromatic carbocycles. The topological polar surface area (TPSA) is 40.9 Å². The van der Waals surface area contributed by atoms with E-state index in [1.165, 1.54) is 61.7 Å². The van der Waals surface area contributed by atoms with Gasteiger partial charge in [-0.25, -0.2) is 5.57 Å². The first-order valence-corrected chi connectivity index (χ1v) is 9.96. The molecular formula is C22H37Cl2NOTi. The van der Waals surface area contributed by atoms with Crippen molar-refractivity contribution in [3.63, 3.8) is 0 Å². The zero-order valence-corrected chi connectivity index (χ0v) is 20.7. The first-order valence-electron chi connectivity index (χ1n) is 9.96. The van der Waals surface area contributed by atoms with Crippen molar-refractivity contribution < 1.29 is 51.3 Å². The van der Waals surface area contributed by atoms with E-state index in [0.29, 0.717) is 5.92 Å². The predicted octanol–water partition coefficient (Wildman–Crippen LogP) is 1.21. The number of nitrogens with one attached hydrogen (secondary N) is 1. The van der Waals surface area contributed by atoms with E-state index in [0.717, 1.165) is 25.7 Å². The normalized spacial score (nSPS) is 21.6. The minimum Gasteiger partial charge on any atom is -1.00 e. The van der Waals surface area contributed by atoms with E-state index in [-0.39, 0.29) is 58.4 Å². The third kappa shape index (κ3) is 13.2. The van der Waals surface area contributed by atoms with E-state index in [4.69, 9.17) is 5.73 Å². The Morgan fingerprint density at radius 2 is 1.22 bits per heavy atom. The molecule has 0 aliphatic heterocycles. The van der Waals surface area contributed by atoms with Crippen LogP contribution in [0, 0.1) is 17.9 Å². The van der Waals surface area contributed by atoms with Crippen molar-refractivity contribution in [3.8, 4) is 0 Å². The average Bonchev–Trinajstić information content (AvgIpc) is 2.74. The van der Waals surface area contributed by atoms with Gasteiger partial charge in [0.1, 0.15) is 0 Å². The standard InChI is InChI=1S/C13H25NO.C9H13.2ClH.Ti/c14-13(15)12-10-8-6-4-2-1-3-5-7-9-11-12;1-6-5-7(2)9(4)8(6)3;;;/h12H,1-11H2,(H2,14,15);6H,1-4H3;2*1H;/q;-1;;;+4/p-3. The Hall–Kier alpha value is 0.244. The summed E-state index contributed by atoms with van der Waals surface area (Å²) in [6, 6.07) is 0. The molecule has 0 aromatic rings. The summed E-state index contributed by atoms with van der Waals surface area (Å²) in [5, 5.41) is 0. The Labute approximate surface area is 195 Å². The van der Waals surface area contributed by atoms with Crippen LogP contribution < -0.4 is 24.8 Å². The molecule has 1 unspecified atom stereocenters. The fourth-order valence-corrected chi connectivity index (χ4v) is 3.59. The Bertz CT molecular complexity index is 451. The van der Waals surface area contributed by atoms with Gasteiger partial charge in [-0.2, -0.15) is 11.1 Å². The van der Waals surface area contributed by atoms with Gasteiger partial charge in [0.25, 0.3) is 0 Å². The average molecular weight is 450 g/mol.